The largest absolute Gasteiger partial charge is 0.341 e. The van der Waals surface area contributed by atoms with E-state index in [1.54, 1.807) is 0 Å². The Morgan fingerprint density at radius 1 is 0.963 bits per heavy atom. The molecule has 4 heterocycles. The summed E-state index contributed by atoms with van der Waals surface area (Å²) in [7, 11) is 0. The van der Waals surface area contributed by atoms with Crippen LogP contribution in [0.5, 0.6) is 0 Å². The van der Waals surface area contributed by atoms with Crippen molar-refractivity contribution in [1.29, 1.82) is 0 Å². The van der Waals surface area contributed by atoms with Crippen molar-refractivity contribution >= 4 is 5.95 Å². The Labute approximate surface area is 162 Å². The van der Waals surface area contributed by atoms with Gasteiger partial charge >= 0.3 is 0 Å². The Kier molecular flexibility index (Phi) is 6.02. The van der Waals surface area contributed by atoms with Crippen molar-refractivity contribution < 1.29 is 0 Å². The lowest BCUT2D eigenvalue weighted by Gasteiger charge is -2.30. The van der Waals surface area contributed by atoms with Crippen molar-refractivity contribution in [3.05, 3.63) is 24.9 Å². The fraction of sp³-hybridized carbons (Fsp3) is 0.667. The Bertz CT molecular complexity index is 704. The van der Waals surface area contributed by atoms with Crippen LogP contribution in [0.25, 0.3) is 11.3 Å². The van der Waals surface area contributed by atoms with E-state index in [4.69, 9.17) is 0 Å². The normalized spacial score (nSPS) is 21.5. The lowest BCUT2D eigenvalue weighted by atomic mass is 10.0. The number of imidazole rings is 1. The number of nitrogens with zero attached hydrogens (tertiary/aromatic N) is 6. The van der Waals surface area contributed by atoms with Crippen molar-refractivity contribution in [2.75, 3.05) is 37.6 Å². The molecule has 0 bridgehead atoms. The second kappa shape index (κ2) is 8.83. The number of anilines is 1. The van der Waals surface area contributed by atoms with Crippen LogP contribution in [-0.2, 0) is 6.54 Å². The highest BCUT2D eigenvalue weighted by Crippen LogP contribution is 2.22. The van der Waals surface area contributed by atoms with Gasteiger partial charge in [0.2, 0.25) is 5.95 Å². The lowest BCUT2D eigenvalue weighted by Crippen LogP contribution is -2.35. The summed E-state index contributed by atoms with van der Waals surface area (Å²) in [5.41, 5.74) is 2.17. The average molecular weight is 369 g/mol. The summed E-state index contributed by atoms with van der Waals surface area (Å²) in [5, 5.41) is 0. The summed E-state index contributed by atoms with van der Waals surface area (Å²) in [6.45, 7) is 9.15. The molecule has 2 fully saturated rings. The van der Waals surface area contributed by atoms with E-state index >= 15 is 0 Å². The van der Waals surface area contributed by atoms with Crippen LogP contribution < -0.4 is 4.90 Å². The first-order valence-corrected chi connectivity index (χ1v) is 10.6. The molecule has 0 saturated carbocycles. The highest BCUT2D eigenvalue weighted by atomic mass is 15.3. The standard InChI is InChI=1S/C21H32N6/c1-18-7-5-11-26(16-18)21-23-13-19(14-24-21)20-15-22-17-27(20)12-6-10-25-8-3-2-4-9-25/h13-15,17-18H,2-12,16H2,1H3/t18-/m1/s1. The third kappa shape index (κ3) is 4.67. The van der Waals surface area contributed by atoms with E-state index in [1.165, 1.54) is 51.7 Å². The highest BCUT2D eigenvalue weighted by Gasteiger charge is 2.18. The van der Waals surface area contributed by atoms with E-state index in [1.807, 2.05) is 24.9 Å². The minimum atomic E-state index is 0.725. The van der Waals surface area contributed by atoms with Gasteiger partial charge in [-0.3, -0.25) is 0 Å². The monoisotopic (exact) mass is 368 g/mol. The second-order valence-corrected chi connectivity index (χ2v) is 8.19. The molecule has 2 aromatic rings. The molecule has 2 aromatic heterocycles. The Balaban J connectivity index is 1.36. The maximum Gasteiger partial charge on any atom is 0.225 e. The smallest absolute Gasteiger partial charge is 0.225 e. The van der Waals surface area contributed by atoms with Crippen molar-refractivity contribution in [3.63, 3.8) is 0 Å². The van der Waals surface area contributed by atoms with Gasteiger partial charge in [0.1, 0.15) is 0 Å². The van der Waals surface area contributed by atoms with Crippen molar-refractivity contribution in [1.82, 2.24) is 24.4 Å². The summed E-state index contributed by atoms with van der Waals surface area (Å²) >= 11 is 0. The molecule has 0 unspecified atom stereocenters. The predicted octanol–water partition coefficient (Wildman–Crippen LogP) is 3.45. The predicted molar refractivity (Wildman–Crippen MR) is 109 cm³/mol. The number of hydrogen-bond donors (Lipinski definition) is 0. The van der Waals surface area contributed by atoms with Gasteiger partial charge in [-0.1, -0.05) is 13.3 Å². The third-order valence-corrected chi connectivity index (χ3v) is 5.91. The van der Waals surface area contributed by atoms with Crippen LogP contribution >= 0.6 is 0 Å². The van der Waals surface area contributed by atoms with Gasteiger partial charge in [-0.05, 0) is 57.7 Å². The first-order chi connectivity index (χ1) is 13.3. The van der Waals surface area contributed by atoms with Crippen LogP contribution in [0.15, 0.2) is 24.9 Å². The van der Waals surface area contributed by atoms with Gasteiger partial charge < -0.3 is 14.4 Å². The lowest BCUT2D eigenvalue weighted by molar-refractivity contribution is 0.223. The number of aryl methyl sites for hydroxylation is 1. The van der Waals surface area contributed by atoms with Gasteiger partial charge in [0.05, 0.1) is 18.2 Å². The third-order valence-electron chi connectivity index (χ3n) is 5.91. The van der Waals surface area contributed by atoms with Crippen LogP contribution in [0.4, 0.5) is 5.95 Å². The molecular formula is C21H32N6. The molecule has 0 aromatic carbocycles. The van der Waals surface area contributed by atoms with Crippen LogP contribution in [0.3, 0.4) is 0 Å². The van der Waals surface area contributed by atoms with Crippen molar-refractivity contribution in [2.24, 2.45) is 5.92 Å². The zero-order chi connectivity index (χ0) is 18.5. The van der Waals surface area contributed by atoms with E-state index in [0.29, 0.717) is 0 Å². The number of hydrogen-bond acceptors (Lipinski definition) is 5. The van der Waals surface area contributed by atoms with Gasteiger partial charge in [-0.15, -0.1) is 0 Å². The fourth-order valence-corrected chi connectivity index (χ4v) is 4.37. The Hall–Kier alpha value is -1.95. The zero-order valence-corrected chi connectivity index (χ0v) is 16.6. The molecule has 6 nitrogen and oxygen atoms in total. The van der Waals surface area contributed by atoms with Gasteiger partial charge in [-0.2, -0.15) is 0 Å². The second-order valence-electron chi connectivity index (χ2n) is 8.19. The minimum Gasteiger partial charge on any atom is -0.341 e. The number of rotatable bonds is 6. The van der Waals surface area contributed by atoms with E-state index in [-0.39, 0.29) is 0 Å². The van der Waals surface area contributed by atoms with E-state index in [9.17, 15) is 0 Å². The first-order valence-electron chi connectivity index (χ1n) is 10.6. The molecule has 2 aliphatic heterocycles. The number of likely N-dealkylation sites (tertiary alicyclic amines) is 1. The van der Waals surface area contributed by atoms with E-state index in [0.717, 1.165) is 49.2 Å². The summed E-state index contributed by atoms with van der Waals surface area (Å²) in [5.74, 6) is 1.59. The zero-order valence-electron chi connectivity index (χ0n) is 16.6. The van der Waals surface area contributed by atoms with Crippen LogP contribution in [0, 0.1) is 5.92 Å². The molecule has 1 atom stereocenters. The van der Waals surface area contributed by atoms with Gasteiger partial charge in [-0.25, -0.2) is 15.0 Å². The summed E-state index contributed by atoms with van der Waals surface area (Å²) in [4.78, 5) is 18.6. The number of aromatic nitrogens is 4. The van der Waals surface area contributed by atoms with Crippen molar-refractivity contribution in [3.8, 4) is 11.3 Å². The molecule has 0 radical (unpaired) electrons. The molecule has 27 heavy (non-hydrogen) atoms. The van der Waals surface area contributed by atoms with E-state index in [2.05, 4.69) is 36.2 Å². The maximum absolute atomic E-state index is 4.65. The van der Waals surface area contributed by atoms with Gasteiger partial charge in [0.15, 0.2) is 0 Å². The molecule has 0 aliphatic carbocycles. The first kappa shape index (κ1) is 18.4. The SMILES string of the molecule is C[C@@H]1CCCN(c2ncc(-c3cncn3CCCN3CCCCC3)cn2)C1. The van der Waals surface area contributed by atoms with Gasteiger partial charge in [0.25, 0.3) is 0 Å². The van der Waals surface area contributed by atoms with Crippen molar-refractivity contribution in [2.45, 2.75) is 52.0 Å². The molecule has 0 spiro atoms. The molecule has 0 N–H and O–H groups in total. The fourth-order valence-electron chi connectivity index (χ4n) is 4.37. The minimum absolute atomic E-state index is 0.725. The molecule has 4 rings (SSSR count). The summed E-state index contributed by atoms with van der Waals surface area (Å²) < 4.78 is 2.24. The quantitative estimate of drug-likeness (QED) is 0.782. The molecule has 146 valence electrons. The maximum atomic E-state index is 4.65. The molecule has 6 heteroatoms. The topological polar surface area (TPSA) is 50.1 Å². The van der Waals surface area contributed by atoms with Crippen LogP contribution in [0.1, 0.15) is 45.4 Å². The Morgan fingerprint density at radius 3 is 2.56 bits per heavy atom. The summed E-state index contributed by atoms with van der Waals surface area (Å²) in [6, 6.07) is 0. The van der Waals surface area contributed by atoms with Gasteiger partial charge in [0, 0.05) is 37.6 Å². The number of piperidine rings is 2. The molecule has 2 aliphatic rings. The molecule has 2 saturated heterocycles. The average Bonchev–Trinajstić information content (AvgIpc) is 3.17. The molecule has 0 amide bonds. The Morgan fingerprint density at radius 2 is 1.78 bits per heavy atom. The molecular weight excluding hydrogens is 336 g/mol. The van der Waals surface area contributed by atoms with Crippen LogP contribution in [-0.4, -0.2) is 57.1 Å². The van der Waals surface area contributed by atoms with E-state index < -0.39 is 0 Å². The highest BCUT2D eigenvalue weighted by molar-refractivity contribution is 5.57. The summed E-state index contributed by atoms with van der Waals surface area (Å²) in [6.07, 6.45) is 15.6. The van der Waals surface area contributed by atoms with Crippen LogP contribution in [0.2, 0.25) is 0 Å².